The number of hydrogen-bond donors (Lipinski definition) is 0. The van der Waals surface area contributed by atoms with Crippen LogP contribution in [-0.2, 0) is 4.74 Å². The smallest absolute Gasteiger partial charge is 0.339 e. The lowest BCUT2D eigenvalue weighted by Gasteiger charge is -2.14. The molecule has 1 aromatic heterocycles. The van der Waals surface area contributed by atoms with Crippen LogP contribution in [0.5, 0.6) is 11.5 Å². The summed E-state index contributed by atoms with van der Waals surface area (Å²) in [6.07, 6.45) is 0. The number of Topliss-reactive ketones (excluding diaryl/α,β-unsaturated/α-hetero) is 1. The number of ketones is 1. The lowest BCUT2D eigenvalue weighted by molar-refractivity contribution is 0.0475. The van der Waals surface area contributed by atoms with Crippen LogP contribution >= 0.6 is 0 Å². The van der Waals surface area contributed by atoms with Crippen molar-refractivity contribution in [2.75, 3.05) is 20.8 Å². The molecule has 1 heterocycles. The van der Waals surface area contributed by atoms with Crippen molar-refractivity contribution in [2.45, 2.75) is 6.92 Å². The largest absolute Gasteiger partial charge is 0.497 e. The van der Waals surface area contributed by atoms with E-state index in [2.05, 4.69) is 0 Å². The Bertz CT molecular complexity index is 1330. The van der Waals surface area contributed by atoms with Gasteiger partial charge in [-0.25, -0.2) is 9.78 Å². The summed E-state index contributed by atoms with van der Waals surface area (Å²) in [4.78, 5) is 30.8. The minimum absolute atomic E-state index is 0.312. The number of benzene rings is 3. The van der Waals surface area contributed by atoms with E-state index in [1.807, 2.05) is 61.5 Å². The highest BCUT2D eigenvalue weighted by atomic mass is 16.5. The van der Waals surface area contributed by atoms with Crippen molar-refractivity contribution in [1.82, 2.24) is 4.98 Å². The number of hydrogen-bond acceptors (Lipinski definition) is 6. The number of ether oxygens (including phenoxy) is 3. The Labute approximate surface area is 191 Å². The van der Waals surface area contributed by atoms with Gasteiger partial charge in [0, 0.05) is 17.0 Å². The van der Waals surface area contributed by atoms with Gasteiger partial charge in [0.05, 0.1) is 36.6 Å². The Kier molecular flexibility index (Phi) is 6.36. The molecule has 33 heavy (non-hydrogen) atoms. The summed E-state index contributed by atoms with van der Waals surface area (Å²) >= 11 is 0. The molecule has 0 aliphatic heterocycles. The molecule has 0 saturated heterocycles. The first-order valence-electron chi connectivity index (χ1n) is 10.4. The minimum Gasteiger partial charge on any atom is -0.497 e. The van der Waals surface area contributed by atoms with Crippen molar-refractivity contribution in [1.29, 1.82) is 0 Å². The predicted molar refractivity (Wildman–Crippen MR) is 126 cm³/mol. The average Bonchev–Trinajstić information content (AvgIpc) is 2.86. The average molecular weight is 441 g/mol. The predicted octanol–water partition coefficient (Wildman–Crippen LogP) is 5.27. The van der Waals surface area contributed by atoms with Crippen LogP contribution < -0.4 is 9.47 Å². The summed E-state index contributed by atoms with van der Waals surface area (Å²) in [6, 6.07) is 21.9. The molecule has 0 saturated carbocycles. The first-order valence-corrected chi connectivity index (χ1v) is 10.4. The Hall–Kier alpha value is -4.19. The monoisotopic (exact) mass is 441 g/mol. The van der Waals surface area contributed by atoms with E-state index in [1.54, 1.807) is 18.2 Å². The van der Waals surface area contributed by atoms with Gasteiger partial charge in [0.25, 0.3) is 0 Å². The van der Waals surface area contributed by atoms with Crippen LogP contribution in [0.2, 0.25) is 0 Å². The van der Waals surface area contributed by atoms with E-state index in [1.165, 1.54) is 14.2 Å². The lowest BCUT2D eigenvalue weighted by Crippen LogP contribution is -2.16. The molecule has 0 spiro atoms. The Balaban J connectivity index is 1.66. The highest BCUT2D eigenvalue weighted by Crippen LogP contribution is 2.30. The maximum atomic E-state index is 13.2. The summed E-state index contributed by atoms with van der Waals surface area (Å²) in [5.74, 6) is -0.0359. The molecular weight excluding hydrogens is 418 g/mol. The standard InChI is InChI=1S/C27H23NO5/c1-17-25(20-11-7-8-12-22(20)28-26(17)18-9-5-4-6-10-18)27(30)33-16-23(29)21-14-13-19(31-2)15-24(21)32-3/h4-15H,16H2,1-3H3. The first kappa shape index (κ1) is 22.0. The quantitative estimate of drug-likeness (QED) is 0.287. The molecule has 6 heteroatoms. The summed E-state index contributed by atoms with van der Waals surface area (Å²) in [6.45, 7) is 1.42. The van der Waals surface area contributed by atoms with E-state index in [4.69, 9.17) is 19.2 Å². The maximum Gasteiger partial charge on any atom is 0.339 e. The zero-order valence-corrected chi connectivity index (χ0v) is 18.6. The first-order chi connectivity index (χ1) is 16.0. The molecular formula is C27H23NO5. The van der Waals surface area contributed by atoms with Crippen molar-refractivity contribution < 1.29 is 23.8 Å². The number of methoxy groups -OCH3 is 2. The molecule has 4 rings (SSSR count). The van der Waals surface area contributed by atoms with Gasteiger partial charge >= 0.3 is 5.97 Å². The Morgan fingerprint density at radius 1 is 0.879 bits per heavy atom. The van der Waals surface area contributed by atoms with Gasteiger partial charge in [-0.2, -0.15) is 0 Å². The second-order valence-corrected chi connectivity index (χ2v) is 7.41. The zero-order chi connectivity index (χ0) is 23.4. The molecule has 0 amide bonds. The molecule has 0 bridgehead atoms. The molecule has 6 nitrogen and oxygen atoms in total. The fraction of sp³-hybridized carbons (Fsp3) is 0.148. The summed E-state index contributed by atoms with van der Waals surface area (Å²) in [7, 11) is 3.00. The topological polar surface area (TPSA) is 74.7 Å². The molecule has 0 aliphatic rings. The van der Waals surface area contributed by atoms with Gasteiger partial charge in [0.2, 0.25) is 5.78 Å². The Morgan fingerprint density at radius 2 is 1.61 bits per heavy atom. The second kappa shape index (κ2) is 9.53. The van der Waals surface area contributed by atoms with Crippen molar-refractivity contribution in [3.05, 3.63) is 89.5 Å². The fourth-order valence-electron chi connectivity index (χ4n) is 3.76. The van der Waals surface area contributed by atoms with Gasteiger partial charge < -0.3 is 14.2 Å². The van der Waals surface area contributed by atoms with Crippen molar-refractivity contribution >= 4 is 22.7 Å². The molecule has 4 aromatic rings. The molecule has 0 radical (unpaired) electrons. The molecule has 0 unspecified atom stereocenters. The number of rotatable bonds is 7. The van der Waals surface area contributed by atoms with E-state index >= 15 is 0 Å². The summed E-state index contributed by atoms with van der Waals surface area (Å²) < 4.78 is 15.9. The molecule has 0 atom stereocenters. The number of nitrogens with zero attached hydrogens (tertiary/aromatic N) is 1. The number of esters is 1. The highest BCUT2D eigenvalue weighted by molar-refractivity contribution is 6.08. The lowest BCUT2D eigenvalue weighted by atomic mass is 9.98. The van der Waals surface area contributed by atoms with Crippen molar-refractivity contribution in [2.24, 2.45) is 0 Å². The molecule has 0 aliphatic carbocycles. The zero-order valence-electron chi connectivity index (χ0n) is 18.6. The van der Waals surface area contributed by atoms with Crippen molar-refractivity contribution in [3.8, 4) is 22.8 Å². The van der Waals surface area contributed by atoms with E-state index in [0.29, 0.717) is 44.8 Å². The van der Waals surface area contributed by atoms with Gasteiger partial charge in [-0.15, -0.1) is 0 Å². The minimum atomic E-state index is -0.580. The summed E-state index contributed by atoms with van der Waals surface area (Å²) in [5, 5.41) is 0.675. The van der Waals surface area contributed by atoms with Crippen LogP contribution in [0, 0.1) is 6.92 Å². The van der Waals surface area contributed by atoms with Crippen LogP contribution in [0.1, 0.15) is 26.3 Å². The number of pyridine rings is 1. The van der Waals surface area contributed by atoms with Gasteiger partial charge in [0.15, 0.2) is 6.61 Å². The third-order valence-electron chi connectivity index (χ3n) is 5.43. The molecule has 3 aromatic carbocycles. The number of aromatic nitrogens is 1. The molecule has 0 N–H and O–H groups in total. The molecule has 166 valence electrons. The maximum absolute atomic E-state index is 13.2. The van der Waals surface area contributed by atoms with Crippen LogP contribution in [-0.4, -0.2) is 37.6 Å². The van der Waals surface area contributed by atoms with Gasteiger partial charge in [-0.05, 0) is 30.7 Å². The van der Waals surface area contributed by atoms with Gasteiger partial charge in [0.1, 0.15) is 11.5 Å². The highest BCUT2D eigenvalue weighted by Gasteiger charge is 2.22. The van der Waals surface area contributed by atoms with Crippen molar-refractivity contribution in [3.63, 3.8) is 0 Å². The second-order valence-electron chi connectivity index (χ2n) is 7.41. The van der Waals surface area contributed by atoms with E-state index in [0.717, 1.165) is 5.56 Å². The normalized spacial score (nSPS) is 10.6. The van der Waals surface area contributed by atoms with E-state index < -0.39 is 12.6 Å². The number of carbonyl (C=O) groups excluding carboxylic acids is 2. The van der Waals surface area contributed by atoms with Gasteiger partial charge in [-0.3, -0.25) is 4.79 Å². The van der Waals surface area contributed by atoms with Crippen LogP contribution in [0.3, 0.4) is 0 Å². The SMILES string of the molecule is COc1ccc(C(=O)COC(=O)c2c(C)c(-c3ccccc3)nc3ccccc23)c(OC)c1. The molecule has 0 fully saturated rings. The number of para-hydroxylation sites is 1. The fourth-order valence-corrected chi connectivity index (χ4v) is 3.76. The van der Waals surface area contributed by atoms with Crippen LogP contribution in [0.25, 0.3) is 22.2 Å². The number of carbonyl (C=O) groups is 2. The Morgan fingerprint density at radius 3 is 2.33 bits per heavy atom. The third-order valence-corrected chi connectivity index (χ3v) is 5.43. The summed E-state index contributed by atoms with van der Waals surface area (Å²) in [5.41, 5.74) is 3.68. The number of fused-ring (bicyclic) bond motifs is 1. The van der Waals surface area contributed by atoms with Crippen LogP contribution in [0.4, 0.5) is 0 Å². The van der Waals surface area contributed by atoms with Crippen LogP contribution in [0.15, 0.2) is 72.8 Å². The van der Waals surface area contributed by atoms with E-state index in [-0.39, 0.29) is 5.78 Å². The van der Waals surface area contributed by atoms with Gasteiger partial charge in [-0.1, -0.05) is 48.5 Å². The van der Waals surface area contributed by atoms with E-state index in [9.17, 15) is 9.59 Å². The third kappa shape index (κ3) is 4.41.